The van der Waals surface area contributed by atoms with Gasteiger partial charge in [-0.05, 0) is 86.6 Å². The van der Waals surface area contributed by atoms with Gasteiger partial charge in [-0.2, -0.15) is 0 Å². The Morgan fingerprint density at radius 2 is 1.80 bits per heavy atom. The number of amides is 1. The van der Waals surface area contributed by atoms with Gasteiger partial charge in [-0.1, -0.05) is 17.3 Å². The lowest BCUT2D eigenvalue weighted by molar-refractivity contribution is -0.115. The molecule has 4 N–H and O–H groups in total. The number of ether oxygens (including phenoxy) is 2. The van der Waals surface area contributed by atoms with Crippen LogP contribution in [0, 0.1) is 0 Å². The molecule has 2 aromatic carbocycles. The summed E-state index contributed by atoms with van der Waals surface area (Å²) in [5.41, 5.74) is 7.36. The van der Waals surface area contributed by atoms with Crippen molar-refractivity contribution in [3.8, 4) is 11.5 Å². The van der Waals surface area contributed by atoms with Crippen molar-refractivity contribution >= 4 is 43.5 Å². The zero-order valence-corrected chi connectivity index (χ0v) is 19.8. The summed E-state index contributed by atoms with van der Waals surface area (Å²) in [5, 5.41) is 15.2. The quantitative estimate of drug-likeness (QED) is 0.174. The Morgan fingerprint density at radius 3 is 2.43 bits per heavy atom. The Hall–Kier alpha value is -2.10. The van der Waals surface area contributed by atoms with Crippen LogP contribution in [0.15, 0.2) is 50.5 Å². The standard InChI is InChI=1S/C21H25Br2N3O4/c1-29-19-5-4-15(12-16(19)22)13-18(26-28)21(27)25-9-7-14-3-6-20(17(23)11-14)30-10-2-8-24/h3-6,11-12,28H,2,7-10,13,24H2,1H3,(H,25,27)/b26-18+. The highest BCUT2D eigenvalue weighted by molar-refractivity contribution is 9.10. The molecule has 0 bridgehead atoms. The molecular weight excluding hydrogens is 518 g/mol. The lowest BCUT2D eigenvalue weighted by atomic mass is 10.1. The van der Waals surface area contributed by atoms with Gasteiger partial charge in [0.1, 0.15) is 17.2 Å². The molecule has 0 radical (unpaired) electrons. The van der Waals surface area contributed by atoms with Gasteiger partial charge in [-0.25, -0.2) is 0 Å². The second kappa shape index (κ2) is 12.6. The van der Waals surface area contributed by atoms with E-state index in [4.69, 9.17) is 15.2 Å². The molecule has 0 fully saturated rings. The summed E-state index contributed by atoms with van der Waals surface area (Å²) in [6.07, 6.45) is 1.62. The van der Waals surface area contributed by atoms with Crippen LogP contribution < -0.4 is 20.5 Å². The molecule has 1 amide bonds. The van der Waals surface area contributed by atoms with Crippen LogP contribution in [0.4, 0.5) is 0 Å². The molecule has 0 aliphatic carbocycles. The minimum absolute atomic E-state index is 0.0388. The number of nitrogens with one attached hydrogen (secondary N) is 1. The topological polar surface area (TPSA) is 106 Å². The van der Waals surface area contributed by atoms with E-state index in [0.717, 1.165) is 32.2 Å². The number of benzene rings is 2. The van der Waals surface area contributed by atoms with Crippen molar-refractivity contribution in [2.45, 2.75) is 19.3 Å². The van der Waals surface area contributed by atoms with Gasteiger partial charge in [0.25, 0.3) is 5.91 Å². The molecule has 0 aliphatic heterocycles. The van der Waals surface area contributed by atoms with Crippen molar-refractivity contribution in [2.75, 3.05) is 26.8 Å². The third-order valence-corrected chi connectivity index (χ3v) is 5.51. The van der Waals surface area contributed by atoms with Crippen molar-refractivity contribution in [1.82, 2.24) is 5.32 Å². The fourth-order valence-electron chi connectivity index (χ4n) is 2.68. The Labute approximate surface area is 192 Å². The predicted octanol–water partition coefficient (Wildman–Crippen LogP) is 3.68. The molecule has 162 valence electrons. The molecule has 0 atom stereocenters. The first-order valence-corrected chi connectivity index (χ1v) is 11.0. The fraction of sp³-hybridized carbons (Fsp3) is 0.333. The van der Waals surface area contributed by atoms with E-state index in [1.54, 1.807) is 13.2 Å². The van der Waals surface area contributed by atoms with Crippen molar-refractivity contribution in [3.05, 3.63) is 56.5 Å². The molecule has 9 heteroatoms. The van der Waals surface area contributed by atoms with E-state index in [-0.39, 0.29) is 12.1 Å². The number of halogens is 2. The SMILES string of the molecule is COc1ccc(C/C(=N\O)C(=O)NCCc2ccc(OCCCN)c(Br)c2)cc1Br. The molecule has 0 spiro atoms. The fourth-order valence-corrected chi connectivity index (χ4v) is 3.81. The number of rotatable bonds is 11. The monoisotopic (exact) mass is 541 g/mol. The summed E-state index contributed by atoms with van der Waals surface area (Å²) < 4.78 is 12.5. The summed E-state index contributed by atoms with van der Waals surface area (Å²) in [6.45, 7) is 1.56. The van der Waals surface area contributed by atoms with E-state index in [0.29, 0.717) is 31.9 Å². The first-order valence-electron chi connectivity index (χ1n) is 9.41. The minimum Gasteiger partial charge on any atom is -0.496 e. The molecule has 7 nitrogen and oxygen atoms in total. The van der Waals surface area contributed by atoms with E-state index in [9.17, 15) is 10.0 Å². The maximum atomic E-state index is 12.4. The molecule has 0 saturated heterocycles. The zero-order valence-electron chi connectivity index (χ0n) is 16.7. The average Bonchev–Trinajstić information content (AvgIpc) is 2.73. The minimum atomic E-state index is -0.412. The Bertz CT molecular complexity index is 891. The van der Waals surface area contributed by atoms with Crippen LogP contribution in [-0.4, -0.2) is 43.6 Å². The van der Waals surface area contributed by atoms with E-state index in [1.807, 2.05) is 30.3 Å². The van der Waals surface area contributed by atoms with E-state index in [1.165, 1.54) is 0 Å². The van der Waals surface area contributed by atoms with Gasteiger partial charge in [-0.15, -0.1) is 0 Å². The lowest BCUT2D eigenvalue weighted by Gasteiger charge is -2.11. The second-order valence-corrected chi connectivity index (χ2v) is 8.16. The Balaban J connectivity index is 1.86. The van der Waals surface area contributed by atoms with Crippen LogP contribution in [-0.2, 0) is 17.6 Å². The van der Waals surface area contributed by atoms with Crippen LogP contribution in [0.3, 0.4) is 0 Å². The van der Waals surface area contributed by atoms with Crippen LogP contribution in [0.25, 0.3) is 0 Å². The van der Waals surface area contributed by atoms with Gasteiger partial charge in [0.15, 0.2) is 0 Å². The van der Waals surface area contributed by atoms with Gasteiger partial charge < -0.3 is 25.7 Å². The largest absolute Gasteiger partial charge is 0.496 e. The van der Waals surface area contributed by atoms with Crippen LogP contribution in [0.2, 0.25) is 0 Å². The van der Waals surface area contributed by atoms with Gasteiger partial charge in [0.05, 0.1) is 22.7 Å². The first-order chi connectivity index (χ1) is 14.5. The molecule has 0 saturated carbocycles. The number of hydrogen-bond acceptors (Lipinski definition) is 6. The molecule has 30 heavy (non-hydrogen) atoms. The van der Waals surface area contributed by atoms with Gasteiger partial charge in [-0.3, -0.25) is 4.79 Å². The second-order valence-electron chi connectivity index (χ2n) is 6.45. The highest BCUT2D eigenvalue weighted by Gasteiger charge is 2.14. The molecule has 2 rings (SSSR count). The third kappa shape index (κ3) is 7.30. The maximum absolute atomic E-state index is 12.4. The number of carbonyl (C=O) groups excluding carboxylic acids is 1. The number of hydrogen-bond donors (Lipinski definition) is 3. The summed E-state index contributed by atoms with van der Waals surface area (Å²) in [5.74, 6) is 1.04. The van der Waals surface area contributed by atoms with E-state index < -0.39 is 5.91 Å². The highest BCUT2D eigenvalue weighted by atomic mass is 79.9. The normalized spacial score (nSPS) is 11.3. The number of oxime groups is 1. The zero-order chi connectivity index (χ0) is 21.9. The lowest BCUT2D eigenvalue weighted by Crippen LogP contribution is -2.33. The third-order valence-electron chi connectivity index (χ3n) is 4.27. The predicted molar refractivity (Wildman–Crippen MR) is 124 cm³/mol. The molecule has 0 aromatic heterocycles. The van der Waals surface area contributed by atoms with Gasteiger partial charge >= 0.3 is 0 Å². The van der Waals surface area contributed by atoms with Crippen molar-refractivity contribution in [3.63, 3.8) is 0 Å². The summed E-state index contributed by atoms with van der Waals surface area (Å²) in [4.78, 5) is 12.4. The molecule has 0 unspecified atom stereocenters. The van der Waals surface area contributed by atoms with Gasteiger partial charge in [0.2, 0.25) is 0 Å². The van der Waals surface area contributed by atoms with Gasteiger partial charge in [0, 0.05) is 13.0 Å². The first kappa shape index (κ1) is 24.2. The number of methoxy groups -OCH3 is 1. The van der Waals surface area contributed by atoms with Crippen LogP contribution in [0.1, 0.15) is 17.5 Å². The molecule has 0 aliphatic rings. The van der Waals surface area contributed by atoms with E-state index in [2.05, 4.69) is 42.3 Å². The van der Waals surface area contributed by atoms with Crippen molar-refractivity contribution < 1.29 is 19.5 Å². The summed E-state index contributed by atoms with van der Waals surface area (Å²) in [7, 11) is 1.58. The number of nitrogens with zero attached hydrogens (tertiary/aromatic N) is 1. The number of carbonyl (C=O) groups is 1. The maximum Gasteiger partial charge on any atom is 0.269 e. The van der Waals surface area contributed by atoms with Crippen LogP contribution >= 0.6 is 31.9 Å². The Morgan fingerprint density at radius 1 is 1.13 bits per heavy atom. The van der Waals surface area contributed by atoms with Crippen molar-refractivity contribution in [1.29, 1.82) is 0 Å². The number of nitrogens with two attached hydrogens (primary N) is 1. The highest BCUT2D eigenvalue weighted by Crippen LogP contribution is 2.27. The molecule has 2 aromatic rings. The average molecular weight is 543 g/mol. The Kier molecular flexibility index (Phi) is 10.1. The van der Waals surface area contributed by atoms with Crippen LogP contribution in [0.5, 0.6) is 11.5 Å². The summed E-state index contributed by atoms with van der Waals surface area (Å²) in [6, 6.07) is 11.2. The molecular formula is C21H25Br2N3O4. The summed E-state index contributed by atoms with van der Waals surface area (Å²) >= 11 is 6.91. The van der Waals surface area contributed by atoms with Crippen molar-refractivity contribution in [2.24, 2.45) is 10.9 Å². The smallest absolute Gasteiger partial charge is 0.269 e. The molecule has 0 heterocycles. The van der Waals surface area contributed by atoms with E-state index >= 15 is 0 Å².